The van der Waals surface area contributed by atoms with Gasteiger partial charge in [0.1, 0.15) is 6.61 Å². The first-order valence-corrected chi connectivity index (χ1v) is 8.73. The van der Waals surface area contributed by atoms with Crippen molar-refractivity contribution >= 4 is 28.9 Å². The van der Waals surface area contributed by atoms with Gasteiger partial charge in [-0.05, 0) is 25.0 Å². The van der Waals surface area contributed by atoms with E-state index >= 15 is 0 Å². The highest BCUT2D eigenvalue weighted by Crippen LogP contribution is 2.19. The Labute approximate surface area is 155 Å². The SMILES string of the molecule is CCOC(=O)C1=C(COC(=O)CCc2c[nH]c3ccccc23)NC(=O)NC1. The van der Waals surface area contributed by atoms with Gasteiger partial charge in [0.2, 0.25) is 0 Å². The Kier molecular flexibility index (Phi) is 5.75. The van der Waals surface area contributed by atoms with Crippen LogP contribution in [0.5, 0.6) is 0 Å². The quantitative estimate of drug-likeness (QED) is 0.643. The number of aromatic nitrogens is 1. The number of fused-ring (bicyclic) bond motifs is 1. The lowest BCUT2D eigenvalue weighted by Gasteiger charge is -2.21. The lowest BCUT2D eigenvalue weighted by atomic mass is 10.1. The summed E-state index contributed by atoms with van der Waals surface area (Å²) in [6.45, 7) is 1.76. The van der Waals surface area contributed by atoms with Gasteiger partial charge in [-0.25, -0.2) is 9.59 Å². The van der Waals surface area contributed by atoms with Gasteiger partial charge in [-0.3, -0.25) is 4.79 Å². The number of hydrogen-bond donors (Lipinski definition) is 3. The fourth-order valence-electron chi connectivity index (χ4n) is 2.87. The zero-order valence-electron chi connectivity index (χ0n) is 15.0. The highest BCUT2D eigenvalue weighted by Gasteiger charge is 2.24. The number of ether oxygens (including phenoxy) is 2. The van der Waals surface area contributed by atoms with E-state index in [1.54, 1.807) is 6.92 Å². The molecular formula is C19H21N3O5. The number of nitrogens with one attached hydrogen (secondary N) is 3. The monoisotopic (exact) mass is 371 g/mol. The van der Waals surface area contributed by atoms with E-state index in [0.29, 0.717) is 6.42 Å². The maximum Gasteiger partial charge on any atom is 0.337 e. The summed E-state index contributed by atoms with van der Waals surface area (Å²) in [6.07, 6.45) is 2.60. The van der Waals surface area contributed by atoms with Crippen LogP contribution in [0.25, 0.3) is 10.9 Å². The minimum atomic E-state index is -0.546. The second kappa shape index (κ2) is 8.39. The van der Waals surface area contributed by atoms with Crippen molar-refractivity contribution < 1.29 is 23.9 Å². The Morgan fingerprint density at radius 1 is 1.19 bits per heavy atom. The second-order valence-electron chi connectivity index (χ2n) is 6.01. The van der Waals surface area contributed by atoms with E-state index in [0.717, 1.165) is 16.5 Å². The molecule has 3 N–H and O–H groups in total. The minimum Gasteiger partial charge on any atom is -0.463 e. The molecule has 0 unspecified atom stereocenters. The van der Waals surface area contributed by atoms with Gasteiger partial charge < -0.3 is 25.1 Å². The molecule has 142 valence electrons. The molecule has 8 nitrogen and oxygen atoms in total. The number of aromatic amines is 1. The molecule has 2 amide bonds. The molecule has 2 heterocycles. The summed E-state index contributed by atoms with van der Waals surface area (Å²) >= 11 is 0. The zero-order chi connectivity index (χ0) is 19.2. The van der Waals surface area contributed by atoms with E-state index in [1.807, 2.05) is 30.5 Å². The molecule has 1 aromatic carbocycles. The van der Waals surface area contributed by atoms with Crippen LogP contribution in [0, 0.1) is 0 Å². The first kappa shape index (κ1) is 18.5. The van der Waals surface area contributed by atoms with Crippen LogP contribution >= 0.6 is 0 Å². The van der Waals surface area contributed by atoms with Gasteiger partial charge in [0, 0.05) is 23.5 Å². The van der Waals surface area contributed by atoms with Crippen LogP contribution in [0.2, 0.25) is 0 Å². The first-order valence-electron chi connectivity index (χ1n) is 8.73. The van der Waals surface area contributed by atoms with Crippen molar-refractivity contribution in [3.8, 4) is 0 Å². The molecule has 3 rings (SSSR count). The van der Waals surface area contributed by atoms with Crippen LogP contribution < -0.4 is 10.6 Å². The summed E-state index contributed by atoms with van der Waals surface area (Å²) in [6, 6.07) is 7.40. The maximum absolute atomic E-state index is 12.1. The van der Waals surface area contributed by atoms with Crippen LogP contribution in [-0.4, -0.2) is 42.7 Å². The molecule has 8 heteroatoms. The van der Waals surface area contributed by atoms with Crippen molar-refractivity contribution in [3.63, 3.8) is 0 Å². The molecule has 0 atom stereocenters. The van der Waals surface area contributed by atoms with Crippen molar-refractivity contribution in [3.05, 3.63) is 47.3 Å². The topological polar surface area (TPSA) is 110 Å². The molecule has 0 aliphatic carbocycles. The highest BCUT2D eigenvalue weighted by atomic mass is 16.5. The van der Waals surface area contributed by atoms with E-state index in [9.17, 15) is 14.4 Å². The Morgan fingerprint density at radius 2 is 2.00 bits per heavy atom. The number of hydrogen-bond acceptors (Lipinski definition) is 5. The second-order valence-corrected chi connectivity index (χ2v) is 6.01. The average Bonchev–Trinajstić information content (AvgIpc) is 3.08. The molecule has 0 bridgehead atoms. The molecule has 1 aliphatic heterocycles. The molecule has 2 aromatic rings. The predicted molar refractivity (Wildman–Crippen MR) is 97.8 cm³/mol. The van der Waals surface area contributed by atoms with Crippen LogP contribution in [0.4, 0.5) is 4.79 Å². The van der Waals surface area contributed by atoms with Crippen molar-refractivity contribution in [2.24, 2.45) is 0 Å². The number of urea groups is 1. The van der Waals surface area contributed by atoms with Crippen molar-refractivity contribution in [2.45, 2.75) is 19.8 Å². The van der Waals surface area contributed by atoms with Crippen LogP contribution in [0.1, 0.15) is 18.9 Å². The van der Waals surface area contributed by atoms with Crippen molar-refractivity contribution in [2.75, 3.05) is 19.8 Å². The van der Waals surface area contributed by atoms with E-state index in [-0.39, 0.29) is 37.4 Å². The van der Waals surface area contributed by atoms with Crippen LogP contribution in [0.3, 0.4) is 0 Å². The van der Waals surface area contributed by atoms with Gasteiger partial charge in [-0.15, -0.1) is 0 Å². The van der Waals surface area contributed by atoms with Crippen molar-refractivity contribution in [1.29, 1.82) is 0 Å². The number of amides is 2. The Balaban J connectivity index is 1.58. The molecule has 1 aliphatic rings. The number of aryl methyl sites for hydroxylation is 1. The van der Waals surface area contributed by atoms with E-state index in [2.05, 4.69) is 15.6 Å². The first-order chi connectivity index (χ1) is 13.1. The number of carbonyl (C=O) groups is 3. The largest absolute Gasteiger partial charge is 0.463 e. The molecular weight excluding hydrogens is 350 g/mol. The van der Waals surface area contributed by atoms with Gasteiger partial charge in [0.05, 0.1) is 24.4 Å². The lowest BCUT2D eigenvalue weighted by molar-refractivity contribution is -0.143. The summed E-state index contributed by atoms with van der Waals surface area (Å²) in [5.41, 5.74) is 2.55. The normalized spacial score (nSPS) is 13.9. The average molecular weight is 371 g/mol. The highest BCUT2D eigenvalue weighted by molar-refractivity contribution is 5.93. The van der Waals surface area contributed by atoms with Crippen molar-refractivity contribution in [1.82, 2.24) is 15.6 Å². The predicted octanol–water partition coefficient (Wildman–Crippen LogP) is 1.77. The molecule has 0 saturated heterocycles. The smallest absolute Gasteiger partial charge is 0.337 e. The number of rotatable bonds is 7. The van der Waals surface area contributed by atoms with Gasteiger partial charge in [-0.2, -0.15) is 0 Å². The summed E-state index contributed by atoms with van der Waals surface area (Å²) in [5, 5.41) is 6.07. The number of carbonyl (C=O) groups excluding carboxylic acids is 3. The Hall–Kier alpha value is -3.29. The summed E-state index contributed by atoms with van der Waals surface area (Å²) in [7, 11) is 0. The third kappa shape index (κ3) is 4.46. The number of para-hydroxylation sites is 1. The van der Waals surface area contributed by atoms with Gasteiger partial charge >= 0.3 is 18.0 Å². The van der Waals surface area contributed by atoms with Gasteiger partial charge in [0.15, 0.2) is 0 Å². The summed E-state index contributed by atoms with van der Waals surface area (Å²) in [4.78, 5) is 38.7. The summed E-state index contributed by atoms with van der Waals surface area (Å²) in [5.74, 6) is -0.960. The minimum absolute atomic E-state index is 0.0346. The molecule has 0 saturated carbocycles. The number of esters is 2. The molecule has 0 spiro atoms. The number of H-pyrrole nitrogens is 1. The fraction of sp³-hybridized carbons (Fsp3) is 0.316. The number of benzene rings is 1. The van der Waals surface area contributed by atoms with Crippen LogP contribution in [-0.2, 0) is 25.5 Å². The Bertz CT molecular complexity index is 900. The maximum atomic E-state index is 12.1. The summed E-state index contributed by atoms with van der Waals surface area (Å²) < 4.78 is 10.2. The molecule has 0 radical (unpaired) electrons. The van der Waals surface area contributed by atoms with E-state index < -0.39 is 18.0 Å². The van der Waals surface area contributed by atoms with Gasteiger partial charge in [0.25, 0.3) is 0 Å². The standard InChI is InChI=1S/C19H21N3O5/c1-2-26-18(24)14-10-21-19(25)22-16(14)11-27-17(23)8-7-12-9-20-15-6-4-3-5-13(12)15/h3-6,9,20H,2,7-8,10-11H2,1H3,(H2,21,22,25). The third-order valence-corrected chi connectivity index (χ3v) is 4.23. The fourth-order valence-corrected chi connectivity index (χ4v) is 2.87. The Morgan fingerprint density at radius 3 is 2.81 bits per heavy atom. The molecule has 1 aromatic heterocycles. The zero-order valence-corrected chi connectivity index (χ0v) is 15.0. The lowest BCUT2D eigenvalue weighted by Crippen LogP contribution is -2.45. The third-order valence-electron chi connectivity index (χ3n) is 4.23. The molecule has 27 heavy (non-hydrogen) atoms. The van der Waals surface area contributed by atoms with E-state index in [1.165, 1.54) is 0 Å². The molecule has 0 fully saturated rings. The van der Waals surface area contributed by atoms with Gasteiger partial charge in [-0.1, -0.05) is 18.2 Å². The van der Waals surface area contributed by atoms with E-state index in [4.69, 9.17) is 9.47 Å². The van der Waals surface area contributed by atoms with Crippen LogP contribution in [0.15, 0.2) is 41.7 Å².